The lowest BCUT2D eigenvalue weighted by molar-refractivity contribution is -0.137. The highest BCUT2D eigenvalue weighted by Crippen LogP contribution is 2.29. The number of hydrogen-bond acceptors (Lipinski definition) is 2. The summed E-state index contributed by atoms with van der Waals surface area (Å²) in [5.74, 6) is -0.210. The minimum Gasteiger partial charge on any atom is -0.368 e. The van der Waals surface area contributed by atoms with Crippen molar-refractivity contribution in [2.75, 3.05) is 31.1 Å². The summed E-state index contributed by atoms with van der Waals surface area (Å²) in [6.07, 6.45) is -1.66. The van der Waals surface area contributed by atoms with Crippen molar-refractivity contribution in [1.29, 1.82) is 0 Å². The van der Waals surface area contributed by atoms with E-state index < -0.39 is 11.7 Å². The molecule has 0 atom stereocenters. The lowest BCUT2D eigenvalue weighted by Crippen LogP contribution is -2.48. The molecule has 2 aromatic carbocycles. The highest BCUT2D eigenvalue weighted by Gasteiger charge is 2.30. The van der Waals surface area contributed by atoms with Gasteiger partial charge in [-0.05, 0) is 42.0 Å². The molecule has 1 aliphatic rings. The number of halogens is 4. The molecule has 27 heavy (non-hydrogen) atoms. The van der Waals surface area contributed by atoms with Crippen molar-refractivity contribution >= 4 is 29.3 Å². The molecule has 0 saturated carbocycles. The largest absolute Gasteiger partial charge is 0.416 e. The second kappa shape index (κ2) is 8.05. The van der Waals surface area contributed by atoms with Crippen LogP contribution in [0.15, 0.2) is 54.6 Å². The molecule has 0 N–H and O–H groups in total. The predicted molar refractivity (Wildman–Crippen MR) is 101 cm³/mol. The highest BCUT2D eigenvalue weighted by molar-refractivity contribution is 6.30. The molecule has 1 fully saturated rings. The van der Waals surface area contributed by atoms with Gasteiger partial charge in [-0.1, -0.05) is 29.8 Å². The number of carbonyl (C=O) groups excluding carboxylic acids is 1. The van der Waals surface area contributed by atoms with E-state index in [1.807, 2.05) is 24.3 Å². The Balaban J connectivity index is 1.59. The molecule has 0 radical (unpaired) electrons. The monoisotopic (exact) mass is 394 g/mol. The third kappa shape index (κ3) is 5.04. The number of alkyl halides is 3. The van der Waals surface area contributed by atoms with E-state index >= 15 is 0 Å². The molecule has 1 heterocycles. The summed E-state index contributed by atoms with van der Waals surface area (Å²) in [4.78, 5) is 16.2. The lowest BCUT2D eigenvalue weighted by atomic mass is 10.1. The Bertz CT molecular complexity index is 843. The third-order valence-corrected chi connectivity index (χ3v) is 4.63. The molecule has 1 saturated heterocycles. The zero-order valence-electron chi connectivity index (χ0n) is 14.4. The van der Waals surface area contributed by atoms with E-state index in [4.69, 9.17) is 11.6 Å². The zero-order valence-corrected chi connectivity index (χ0v) is 15.2. The van der Waals surface area contributed by atoms with Crippen LogP contribution in [0.1, 0.15) is 11.1 Å². The Morgan fingerprint density at radius 1 is 1.00 bits per heavy atom. The maximum Gasteiger partial charge on any atom is 0.416 e. The topological polar surface area (TPSA) is 23.6 Å². The number of benzene rings is 2. The predicted octanol–water partition coefficient (Wildman–Crippen LogP) is 4.72. The van der Waals surface area contributed by atoms with Gasteiger partial charge >= 0.3 is 6.18 Å². The van der Waals surface area contributed by atoms with Gasteiger partial charge < -0.3 is 9.80 Å². The summed E-state index contributed by atoms with van der Waals surface area (Å²) < 4.78 is 38.2. The van der Waals surface area contributed by atoms with Gasteiger partial charge in [-0.3, -0.25) is 4.79 Å². The van der Waals surface area contributed by atoms with Crippen LogP contribution in [0.3, 0.4) is 0 Å². The van der Waals surface area contributed by atoms with Crippen molar-refractivity contribution in [3.05, 3.63) is 70.8 Å². The standard InChI is InChI=1S/C20H18ClF3N2O/c21-17-5-2-6-18(14-17)25-9-11-26(12-10-25)19(27)8-7-15-3-1-4-16(13-15)20(22,23)24/h1-8,13-14H,9-12H2. The Morgan fingerprint density at radius 3 is 2.37 bits per heavy atom. The lowest BCUT2D eigenvalue weighted by Gasteiger charge is -2.35. The van der Waals surface area contributed by atoms with Gasteiger partial charge in [0.05, 0.1) is 5.56 Å². The first kappa shape index (κ1) is 19.3. The molecule has 0 aliphatic carbocycles. The van der Waals surface area contributed by atoms with Crippen molar-refractivity contribution in [2.45, 2.75) is 6.18 Å². The number of rotatable bonds is 3. The van der Waals surface area contributed by atoms with E-state index in [-0.39, 0.29) is 5.91 Å². The van der Waals surface area contributed by atoms with Crippen LogP contribution in [0.5, 0.6) is 0 Å². The minimum absolute atomic E-state index is 0.210. The smallest absolute Gasteiger partial charge is 0.368 e. The van der Waals surface area contributed by atoms with Gasteiger partial charge in [0.1, 0.15) is 0 Å². The van der Waals surface area contributed by atoms with E-state index in [0.717, 1.165) is 17.8 Å². The molecule has 0 unspecified atom stereocenters. The van der Waals surface area contributed by atoms with E-state index in [0.29, 0.717) is 36.8 Å². The molecule has 2 aromatic rings. The van der Waals surface area contributed by atoms with Crippen LogP contribution in [-0.4, -0.2) is 37.0 Å². The van der Waals surface area contributed by atoms with Crippen molar-refractivity contribution in [3.8, 4) is 0 Å². The molecule has 0 spiro atoms. The van der Waals surface area contributed by atoms with Gasteiger partial charge in [0.2, 0.25) is 5.91 Å². The second-order valence-electron chi connectivity index (χ2n) is 6.25. The van der Waals surface area contributed by atoms with Crippen LogP contribution in [0.2, 0.25) is 5.02 Å². The quantitative estimate of drug-likeness (QED) is 0.703. The fourth-order valence-corrected chi connectivity index (χ4v) is 3.13. The zero-order chi connectivity index (χ0) is 19.4. The van der Waals surface area contributed by atoms with Crippen LogP contribution < -0.4 is 4.90 Å². The molecule has 0 aromatic heterocycles. The van der Waals surface area contributed by atoms with Gasteiger partial charge in [-0.2, -0.15) is 13.2 Å². The van der Waals surface area contributed by atoms with Crippen molar-refractivity contribution in [3.63, 3.8) is 0 Å². The number of hydrogen-bond donors (Lipinski definition) is 0. The number of anilines is 1. The van der Waals surface area contributed by atoms with Crippen LogP contribution in [0.25, 0.3) is 6.08 Å². The molecule has 142 valence electrons. The second-order valence-corrected chi connectivity index (χ2v) is 6.69. The summed E-state index contributed by atoms with van der Waals surface area (Å²) in [6, 6.07) is 12.4. The minimum atomic E-state index is -4.40. The van der Waals surface area contributed by atoms with Gasteiger partial charge in [0.25, 0.3) is 0 Å². The maximum atomic E-state index is 12.7. The van der Waals surface area contributed by atoms with E-state index in [1.54, 1.807) is 4.90 Å². The molecule has 1 amide bonds. The SMILES string of the molecule is O=C(C=Cc1cccc(C(F)(F)F)c1)N1CCN(c2cccc(Cl)c2)CC1. The molecule has 0 bridgehead atoms. The Labute approximate surface area is 160 Å². The van der Waals surface area contributed by atoms with Gasteiger partial charge in [0, 0.05) is 43.0 Å². The maximum absolute atomic E-state index is 12.7. The third-order valence-electron chi connectivity index (χ3n) is 4.40. The Kier molecular flexibility index (Phi) is 5.75. The van der Waals surface area contributed by atoms with E-state index in [9.17, 15) is 18.0 Å². The van der Waals surface area contributed by atoms with Gasteiger partial charge in [0.15, 0.2) is 0 Å². The molecule has 3 nitrogen and oxygen atoms in total. The average molecular weight is 395 g/mol. The number of nitrogens with zero attached hydrogens (tertiary/aromatic N) is 2. The van der Waals surface area contributed by atoms with E-state index in [1.165, 1.54) is 24.3 Å². The van der Waals surface area contributed by atoms with E-state index in [2.05, 4.69) is 4.90 Å². The molecular weight excluding hydrogens is 377 g/mol. The Morgan fingerprint density at radius 2 is 1.70 bits per heavy atom. The fraction of sp³-hybridized carbons (Fsp3) is 0.250. The summed E-state index contributed by atoms with van der Waals surface area (Å²) in [7, 11) is 0. The number of amides is 1. The summed E-state index contributed by atoms with van der Waals surface area (Å²) in [6.45, 7) is 2.42. The van der Waals surface area contributed by atoms with Gasteiger partial charge in [-0.15, -0.1) is 0 Å². The van der Waals surface area contributed by atoms with Gasteiger partial charge in [-0.25, -0.2) is 0 Å². The van der Waals surface area contributed by atoms with Crippen molar-refractivity contribution < 1.29 is 18.0 Å². The average Bonchev–Trinajstić information content (AvgIpc) is 2.66. The van der Waals surface area contributed by atoms with Crippen LogP contribution >= 0.6 is 11.6 Å². The van der Waals surface area contributed by atoms with Crippen LogP contribution in [-0.2, 0) is 11.0 Å². The van der Waals surface area contributed by atoms with Crippen LogP contribution in [0, 0.1) is 0 Å². The summed E-state index contributed by atoms with van der Waals surface area (Å²) in [5, 5.41) is 0.662. The normalized spacial score (nSPS) is 15.4. The number of carbonyl (C=O) groups is 1. The fourth-order valence-electron chi connectivity index (χ4n) is 2.95. The summed E-state index contributed by atoms with van der Waals surface area (Å²) in [5.41, 5.74) is 0.622. The molecule has 1 aliphatic heterocycles. The van der Waals surface area contributed by atoms with Crippen molar-refractivity contribution in [2.24, 2.45) is 0 Å². The van der Waals surface area contributed by atoms with Crippen LogP contribution in [0.4, 0.5) is 18.9 Å². The molecular formula is C20H18ClF3N2O. The number of piperazine rings is 1. The first-order valence-electron chi connectivity index (χ1n) is 8.48. The molecule has 3 rings (SSSR count). The highest BCUT2D eigenvalue weighted by atomic mass is 35.5. The van der Waals surface area contributed by atoms with Crippen molar-refractivity contribution in [1.82, 2.24) is 4.90 Å². The Hall–Kier alpha value is -2.47. The first-order valence-corrected chi connectivity index (χ1v) is 8.85. The molecule has 7 heteroatoms. The first-order chi connectivity index (χ1) is 12.8. The summed E-state index contributed by atoms with van der Waals surface area (Å²) >= 11 is 6.01.